The van der Waals surface area contributed by atoms with E-state index in [-0.39, 0.29) is 11.8 Å². The molecule has 29 heavy (non-hydrogen) atoms. The number of carbonyl (C=O) groups excluding carboxylic acids is 2. The summed E-state index contributed by atoms with van der Waals surface area (Å²) in [6.07, 6.45) is 0.589. The molecule has 2 aromatic carbocycles. The number of hydrogen-bond acceptors (Lipinski definition) is 3. The van der Waals surface area contributed by atoms with Gasteiger partial charge in [-0.2, -0.15) is 0 Å². The molecule has 0 bridgehead atoms. The Bertz CT molecular complexity index is 822. The molecule has 0 aliphatic carbocycles. The highest BCUT2D eigenvalue weighted by molar-refractivity contribution is 7.99. The summed E-state index contributed by atoms with van der Waals surface area (Å²) in [5, 5.41) is 2.88. The fraction of sp³-hybridized carbons (Fsp3) is 0.417. The predicted molar refractivity (Wildman–Crippen MR) is 122 cm³/mol. The van der Waals surface area contributed by atoms with Crippen molar-refractivity contribution in [2.45, 2.75) is 52.5 Å². The highest BCUT2D eigenvalue weighted by Gasteiger charge is 2.28. The van der Waals surface area contributed by atoms with Gasteiger partial charge in [0.15, 0.2) is 0 Å². The van der Waals surface area contributed by atoms with E-state index in [0.717, 1.165) is 16.9 Å². The monoisotopic (exact) mass is 412 g/mol. The maximum atomic E-state index is 13.1. The molecular weight excluding hydrogens is 380 g/mol. The van der Waals surface area contributed by atoms with Crippen LogP contribution in [0.3, 0.4) is 0 Å². The van der Waals surface area contributed by atoms with Gasteiger partial charge in [-0.25, -0.2) is 0 Å². The summed E-state index contributed by atoms with van der Waals surface area (Å²) in [5.74, 6) is 1.06. The fourth-order valence-electron chi connectivity index (χ4n) is 3.32. The third kappa shape index (κ3) is 6.93. The normalized spacial score (nSPS) is 11.7. The smallest absolute Gasteiger partial charge is 0.242 e. The SMILES string of the molecule is CCNC(=O)C(CC)N(Cc1cccc(C)c1)C(=O)CSCc1ccccc1C. The Labute approximate surface area is 179 Å². The number of nitrogens with zero attached hydrogens (tertiary/aromatic N) is 1. The molecule has 2 aromatic rings. The standard InChI is InChI=1S/C24H32N2O2S/c1-5-22(24(28)25-6-2)26(15-20-12-9-10-18(3)14-20)23(27)17-29-16-21-13-8-7-11-19(21)4/h7-14,22H,5-6,15-17H2,1-4H3,(H,25,28). The molecule has 0 saturated heterocycles. The third-order valence-corrected chi connectivity index (χ3v) is 5.88. The van der Waals surface area contributed by atoms with Crippen LogP contribution in [0.15, 0.2) is 48.5 Å². The summed E-state index contributed by atoms with van der Waals surface area (Å²) in [7, 11) is 0. The molecule has 5 heteroatoms. The van der Waals surface area contributed by atoms with Crippen molar-refractivity contribution >= 4 is 23.6 Å². The molecule has 0 aliphatic rings. The molecule has 0 heterocycles. The van der Waals surface area contributed by atoms with Crippen LogP contribution in [0.5, 0.6) is 0 Å². The first-order valence-corrected chi connectivity index (χ1v) is 11.4. The van der Waals surface area contributed by atoms with Crippen LogP contribution in [0.25, 0.3) is 0 Å². The Morgan fingerprint density at radius 3 is 2.48 bits per heavy atom. The van der Waals surface area contributed by atoms with Crippen LogP contribution in [-0.2, 0) is 21.9 Å². The summed E-state index contributed by atoms with van der Waals surface area (Å²) in [6.45, 7) is 8.98. The lowest BCUT2D eigenvalue weighted by Gasteiger charge is -2.30. The van der Waals surface area contributed by atoms with Crippen LogP contribution in [0.2, 0.25) is 0 Å². The van der Waals surface area contributed by atoms with Gasteiger partial charge in [-0.1, -0.05) is 61.0 Å². The van der Waals surface area contributed by atoms with Crippen molar-refractivity contribution < 1.29 is 9.59 Å². The van der Waals surface area contributed by atoms with Crippen molar-refractivity contribution in [1.82, 2.24) is 10.2 Å². The van der Waals surface area contributed by atoms with Gasteiger partial charge in [-0.15, -0.1) is 11.8 Å². The van der Waals surface area contributed by atoms with Gasteiger partial charge < -0.3 is 10.2 Å². The number of thioether (sulfide) groups is 1. The highest BCUT2D eigenvalue weighted by atomic mass is 32.2. The summed E-state index contributed by atoms with van der Waals surface area (Å²) < 4.78 is 0. The zero-order valence-electron chi connectivity index (χ0n) is 17.9. The van der Waals surface area contributed by atoms with Crippen molar-refractivity contribution in [2.75, 3.05) is 12.3 Å². The maximum absolute atomic E-state index is 13.1. The number of aryl methyl sites for hydroxylation is 2. The summed E-state index contributed by atoms with van der Waals surface area (Å²) >= 11 is 1.60. The van der Waals surface area contributed by atoms with E-state index in [4.69, 9.17) is 0 Å². The number of amides is 2. The Morgan fingerprint density at radius 2 is 1.83 bits per heavy atom. The lowest BCUT2D eigenvalue weighted by molar-refractivity contribution is -0.139. The third-order valence-electron chi connectivity index (χ3n) is 4.92. The van der Waals surface area contributed by atoms with Crippen molar-refractivity contribution in [3.63, 3.8) is 0 Å². The number of benzene rings is 2. The van der Waals surface area contributed by atoms with Gasteiger partial charge in [0.25, 0.3) is 0 Å². The molecule has 0 fully saturated rings. The highest BCUT2D eigenvalue weighted by Crippen LogP contribution is 2.19. The van der Waals surface area contributed by atoms with Gasteiger partial charge in [0.1, 0.15) is 6.04 Å². The topological polar surface area (TPSA) is 49.4 Å². The molecule has 2 rings (SSSR count). The molecule has 0 aromatic heterocycles. The van der Waals surface area contributed by atoms with Gasteiger partial charge >= 0.3 is 0 Å². The van der Waals surface area contributed by atoms with Gasteiger partial charge in [0.05, 0.1) is 5.75 Å². The van der Waals surface area contributed by atoms with Crippen molar-refractivity contribution in [1.29, 1.82) is 0 Å². The first-order valence-electron chi connectivity index (χ1n) is 10.2. The van der Waals surface area contributed by atoms with E-state index >= 15 is 0 Å². The van der Waals surface area contributed by atoms with Crippen LogP contribution >= 0.6 is 11.8 Å². The zero-order chi connectivity index (χ0) is 21.2. The van der Waals surface area contributed by atoms with E-state index in [1.165, 1.54) is 11.1 Å². The lowest BCUT2D eigenvalue weighted by atomic mass is 10.1. The minimum Gasteiger partial charge on any atom is -0.355 e. The number of hydrogen-bond donors (Lipinski definition) is 1. The molecule has 1 unspecified atom stereocenters. The Hall–Kier alpha value is -2.27. The first kappa shape index (κ1) is 23.0. The number of likely N-dealkylation sites (N-methyl/N-ethyl adjacent to an activating group) is 1. The van der Waals surface area contributed by atoms with E-state index in [0.29, 0.717) is 25.3 Å². The van der Waals surface area contributed by atoms with Crippen LogP contribution in [0.4, 0.5) is 0 Å². The Balaban J connectivity index is 2.12. The van der Waals surface area contributed by atoms with Crippen LogP contribution < -0.4 is 5.32 Å². The molecule has 0 radical (unpaired) electrons. The maximum Gasteiger partial charge on any atom is 0.242 e. The molecule has 2 amide bonds. The van der Waals surface area contributed by atoms with Crippen LogP contribution in [0, 0.1) is 13.8 Å². The molecule has 0 spiro atoms. The van der Waals surface area contributed by atoms with E-state index < -0.39 is 6.04 Å². The second-order valence-electron chi connectivity index (χ2n) is 7.25. The molecule has 1 N–H and O–H groups in total. The van der Waals surface area contributed by atoms with Crippen molar-refractivity contribution in [3.8, 4) is 0 Å². The summed E-state index contributed by atoms with van der Waals surface area (Å²) in [6, 6.07) is 15.9. The van der Waals surface area contributed by atoms with E-state index in [1.54, 1.807) is 16.7 Å². The molecule has 0 aliphatic heterocycles. The van der Waals surface area contributed by atoms with E-state index in [2.05, 4.69) is 30.4 Å². The number of nitrogens with one attached hydrogen (secondary N) is 1. The Kier molecular flexibility index (Phi) is 9.26. The van der Waals surface area contributed by atoms with Crippen molar-refractivity contribution in [3.05, 3.63) is 70.8 Å². The zero-order valence-corrected chi connectivity index (χ0v) is 18.7. The van der Waals surface area contributed by atoms with Gasteiger partial charge in [0, 0.05) is 18.8 Å². The first-order chi connectivity index (χ1) is 14.0. The molecule has 1 atom stereocenters. The summed E-state index contributed by atoms with van der Waals surface area (Å²) in [5.41, 5.74) is 4.67. The molecular formula is C24H32N2O2S. The largest absolute Gasteiger partial charge is 0.355 e. The Morgan fingerprint density at radius 1 is 1.07 bits per heavy atom. The second-order valence-corrected chi connectivity index (χ2v) is 8.23. The molecule has 156 valence electrons. The van der Waals surface area contributed by atoms with Gasteiger partial charge in [0.2, 0.25) is 11.8 Å². The minimum absolute atomic E-state index is 0.00296. The second kappa shape index (κ2) is 11.7. The summed E-state index contributed by atoms with van der Waals surface area (Å²) in [4.78, 5) is 27.5. The van der Waals surface area contributed by atoms with Gasteiger partial charge in [-0.3, -0.25) is 9.59 Å². The van der Waals surface area contributed by atoms with E-state index in [9.17, 15) is 9.59 Å². The minimum atomic E-state index is -0.456. The quantitative estimate of drug-likeness (QED) is 0.626. The number of rotatable bonds is 10. The van der Waals surface area contributed by atoms with E-state index in [1.807, 2.05) is 51.1 Å². The van der Waals surface area contributed by atoms with Gasteiger partial charge in [-0.05, 0) is 43.9 Å². The van der Waals surface area contributed by atoms with Crippen LogP contribution in [0.1, 0.15) is 42.5 Å². The average molecular weight is 413 g/mol. The molecule has 0 saturated carbocycles. The van der Waals surface area contributed by atoms with Crippen molar-refractivity contribution in [2.24, 2.45) is 0 Å². The average Bonchev–Trinajstić information content (AvgIpc) is 2.69. The number of carbonyl (C=O) groups is 2. The lowest BCUT2D eigenvalue weighted by Crippen LogP contribution is -2.49. The molecule has 4 nitrogen and oxygen atoms in total. The predicted octanol–water partition coefficient (Wildman–Crippen LogP) is 4.48. The fourth-order valence-corrected chi connectivity index (χ4v) is 4.31. The van der Waals surface area contributed by atoms with Crippen LogP contribution in [-0.4, -0.2) is 35.1 Å².